The van der Waals surface area contributed by atoms with E-state index in [0.717, 1.165) is 29.8 Å². The number of carbonyl (C=O) groups is 1. The number of nitrogens with two attached hydrogens (primary N) is 1. The molecule has 0 atom stereocenters. The maximum atomic E-state index is 12.7. The fourth-order valence-corrected chi connectivity index (χ4v) is 2.85. The van der Waals surface area contributed by atoms with Crippen LogP contribution in [0.4, 0.5) is 10.1 Å². The van der Waals surface area contributed by atoms with Crippen molar-refractivity contribution in [2.75, 3.05) is 37.6 Å². The highest BCUT2D eigenvalue weighted by Crippen LogP contribution is 2.29. The molecular weight excluding hydrogens is 281 g/mol. The summed E-state index contributed by atoms with van der Waals surface area (Å²) in [4.78, 5) is 16.3. The summed E-state index contributed by atoms with van der Waals surface area (Å²) in [5.41, 5.74) is 9.05. The highest BCUT2D eigenvalue weighted by Gasteiger charge is 2.22. The van der Waals surface area contributed by atoms with E-state index in [1.165, 1.54) is 0 Å². The third-order valence-corrected chi connectivity index (χ3v) is 4.18. The van der Waals surface area contributed by atoms with Crippen LogP contribution in [0.1, 0.15) is 29.8 Å². The lowest BCUT2D eigenvalue weighted by atomic mass is 10.1. The number of rotatable bonds is 6. The predicted octanol–water partition coefficient (Wildman–Crippen LogP) is 2.34. The Morgan fingerprint density at radius 2 is 2.14 bits per heavy atom. The van der Waals surface area contributed by atoms with Crippen LogP contribution in [0.5, 0.6) is 0 Å². The molecule has 0 aliphatic carbocycles. The van der Waals surface area contributed by atoms with Gasteiger partial charge in [0.1, 0.15) is 0 Å². The number of amides is 1. The molecule has 0 aromatic heterocycles. The van der Waals surface area contributed by atoms with Gasteiger partial charge in [-0.25, -0.2) is 4.39 Å². The third-order valence-electron chi connectivity index (χ3n) is 4.18. The summed E-state index contributed by atoms with van der Waals surface area (Å²) in [5.74, 6) is 0.0672. The van der Waals surface area contributed by atoms with Crippen molar-refractivity contribution in [2.24, 2.45) is 5.73 Å². The van der Waals surface area contributed by atoms with Gasteiger partial charge in [-0.05, 0) is 49.6 Å². The van der Waals surface area contributed by atoms with Crippen molar-refractivity contribution in [3.05, 3.63) is 41.2 Å². The van der Waals surface area contributed by atoms with Crippen molar-refractivity contribution in [1.29, 1.82) is 0 Å². The molecule has 5 heteroatoms. The molecular formula is C17H24FN3O. The zero-order valence-corrected chi connectivity index (χ0v) is 13.3. The normalized spacial score (nSPS) is 14.2. The number of halogens is 1. The summed E-state index contributed by atoms with van der Waals surface area (Å²) in [7, 11) is 0. The molecule has 1 amide bonds. The lowest BCUT2D eigenvalue weighted by Crippen LogP contribution is -2.30. The second kappa shape index (κ2) is 7.40. The first-order valence-corrected chi connectivity index (χ1v) is 7.79. The fraction of sp³-hybridized carbons (Fsp3) is 0.471. The average Bonchev–Trinajstić information content (AvgIpc) is 2.95. The SMILES string of the molecule is CCN(CC)C(=O)c1ccc2c(c1)CCN2C/C(=C/F)CN. The largest absolute Gasteiger partial charge is 0.367 e. The van der Waals surface area contributed by atoms with Crippen molar-refractivity contribution in [3.63, 3.8) is 0 Å². The van der Waals surface area contributed by atoms with Gasteiger partial charge in [-0.2, -0.15) is 0 Å². The maximum Gasteiger partial charge on any atom is 0.253 e. The Hall–Kier alpha value is -1.88. The van der Waals surface area contributed by atoms with Crippen LogP contribution in [0.25, 0.3) is 0 Å². The van der Waals surface area contributed by atoms with Crippen LogP contribution in [0, 0.1) is 0 Å². The van der Waals surface area contributed by atoms with Gasteiger partial charge in [0.15, 0.2) is 0 Å². The lowest BCUT2D eigenvalue weighted by molar-refractivity contribution is 0.0773. The van der Waals surface area contributed by atoms with E-state index in [0.29, 0.717) is 31.5 Å². The molecule has 0 saturated carbocycles. The van der Waals surface area contributed by atoms with E-state index in [1.807, 2.05) is 36.9 Å². The molecule has 4 nitrogen and oxygen atoms in total. The van der Waals surface area contributed by atoms with Crippen LogP contribution >= 0.6 is 0 Å². The number of nitrogens with zero attached hydrogens (tertiary/aromatic N) is 2. The van der Waals surface area contributed by atoms with Gasteiger partial charge in [0.2, 0.25) is 0 Å². The Labute approximate surface area is 131 Å². The van der Waals surface area contributed by atoms with Crippen LogP contribution in [0.2, 0.25) is 0 Å². The Bertz CT molecular complexity index is 567. The average molecular weight is 305 g/mol. The van der Waals surface area contributed by atoms with Gasteiger partial charge >= 0.3 is 0 Å². The molecule has 0 spiro atoms. The van der Waals surface area contributed by atoms with Crippen LogP contribution in [-0.4, -0.2) is 43.5 Å². The van der Waals surface area contributed by atoms with Crippen molar-refractivity contribution >= 4 is 11.6 Å². The van der Waals surface area contributed by atoms with Gasteiger partial charge in [0.25, 0.3) is 5.91 Å². The number of benzene rings is 1. The Morgan fingerprint density at radius 3 is 2.73 bits per heavy atom. The molecule has 22 heavy (non-hydrogen) atoms. The van der Waals surface area contributed by atoms with Crippen molar-refractivity contribution < 1.29 is 9.18 Å². The summed E-state index contributed by atoms with van der Waals surface area (Å²) < 4.78 is 12.7. The summed E-state index contributed by atoms with van der Waals surface area (Å²) in [6.45, 7) is 6.93. The Morgan fingerprint density at radius 1 is 1.41 bits per heavy atom. The van der Waals surface area contributed by atoms with Crippen LogP contribution in [0.15, 0.2) is 30.1 Å². The molecule has 120 valence electrons. The minimum Gasteiger partial charge on any atom is -0.367 e. The van der Waals surface area contributed by atoms with Crippen LogP contribution in [0.3, 0.4) is 0 Å². The molecule has 0 fully saturated rings. The second-order valence-corrected chi connectivity index (χ2v) is 5.46. The fourth-order valence-electron chi connectivity index (χ4n) is 2.85. The lowest BCUT2D eigenvalue weighted by Gasteiger charge is -2.21. The summed E-state index contributed by atoms with van der Waals surface area (Å²) in [6, 6.07) is 5.79. The number of fused-ring (bicyclic) bond motifs is 1. The maximum absolute atomic E-state index is 12.7. The van der Waals surface area contributed by atoms with Gasteiger partial charge in [-0.3, -0.25) is 4.79 Å². The van der Waals surface area contributed by atoms with Gasteiger partial charge in [-0.1, -0.05) is 0 Å². The van der Waals surface area contributed by atoms with Gasteiger partial charge in [0.05, 0.1) is 6.33 Å². The van der Waals surface area contributed by atoms with Crippen molar-refractivity contribution in [1.82, 2.24) is 4.90 Å². The molecule has 0 radical (unpaired) electrons. The van der Waals surface area contributed by atoms with Gasteiger partial charge < -0.3 is 15.5 Å². The van der Waals surface area contributed by atoms with Crippen LogP contribution in [-0.2, 0) is 6.42 Å². The molecule has 0 unspecified atom stereocenters. The van der Waals surface area contributed by atoms with E-state index in [4.69, 9.17) is 5.73 Å². The second-order valence-electron chi connectivity index (χ2n) is 5.46. The van der Waals surface area contributed by atoms with E-state index in [9.17, 15) is 9.18 Å². The molecule has 1 aliphatic rings. The number of hydrogen-bond donors (Lipinski definition) is 1. The monoisotopic (exact) mass is 305 g/mol. The molecule has 1 aromatic carbocycles. The molecule has 2 rings (SSSR count). The molecule has 1 aromatic rings. The highest BCUT2D eigenvalue weighted by atomic mass is 19.1. The number of hydrogen-bond acceptors (Lipinski definition) is 3. The standard InChI is InChI=1S/C17H24FN3O/c1-3-20(4-2)17(22)15-5-6-16-14(9-15)7-8-21(16)12-13(10-18)11-19/h5-6,9-10H,3-4,7-8,11-12,19H2,1-2H3/b13-10+. The minimum absolute atomic E-state index is 0.0672. The summed E-state index contributed by atoms with van der Waals surface area (Å²) >= 11 is 0. The smallest absolute Gasteiger partial charge is 0.253 e. The predicted molar refractivity (Wildman–Crippen MR) is 87.9 cm³/mol. The topological polar surface area (TPSA) is 49.6 Å². The summed E-state index contributed by atoms with van der Waals surface area (Å²) in [5, 5.41) is 0. The summed E-state index contributed by atoms with van der Waals surface area (Å²) in [6.07, 6.45) is 1.47. The molecule has 0 saturated heterocycles. The first kappa shape index (κ1) is 16.5. The van der Waals surface area contributed by atoms with E-state index in [1.54, 1.807) is 0 Å². The highest BCUT2D eigenvalue weighted by molar-refractivity contribution is 5.95. The minimum atomic E-state index is 0.0672. The third kappa shape index (κ3) is 3.30. The molecule has 1 aliphatic heterocycles. The Kier molecular flexibility index (Phi) is 5.55. The van der Waals surface area contributed by atoms with E-state index < -0.39 is 0 Å². The molecule has 1 heterocycles. The quantitative estimate of drug-likeness (QED) is 0.877. The van der Waals surface area contributed by atoms with E-state index in [2.05, 4.69) is 4.90 Å². The first-order chi connectivity index (χ1) is 10.6. The van der Waals surface area contributed by atoms with Gasteiger partial charge in [-0.15, -0.1) is 0 Å². The zero-order valence-electron chi connectivity index (χ0n) is 13.3. The zero-order chi connectivity index (χ0) is 16.1. The Balaban J connectivity index is 2.18. The number of anilines is 1. The van der Waals surface area contributed by atoms with Crippen molar-refractivity contribution in [3.8, 4) is 0 Å². The molecule has 0 bridgehead atoms. The van der Waals surface area contributed by atoms with Crippen molar-refractivity contribution in [2.45, 2.75) is 20.3 Å². The van der Waals surface area contributed by atoms with E-state index >= 15 is 0 Å². The van der Waals surface area contributed by atoms with E-state index in [-0.39, 0.29) is 12.5 Å². The van der Waals surface area contributed by atoms with Gasteiger partial charge in [0, 0.05) is 44.0 Å². The number of carbonyl (C=O) groups excluding carboxylic acids is 1. The first-order valence-electron chi connectivity index (χ1n) is 7.79. The molecule has 2 N–H and O–H groups in total. The van der Waals surface area contributed by atoms with Crippen LogP contribution < -0.4 is 10.6 Å².